The molecule has 0 amide bonds. The summed E-state index contributed by atoms with van der Waals surface area (Å²) in [5.74, 6) is -0.283. The van der Waals surface area contributed by atoms with Crippen LogP contribution < -0.4 is 9.80 Å². The van der Waals surface area contributed by atoms with Crippen LogP contribution in [0.5, 0.6) is 0 Å². The molecular formula is C27H32ClN3O2. The average molecular weight is 466 g/mol. The maximum absolute atomic E-state index is 12.3. The Morgan fingerprint density at radius 1 is 1.06 bits per heavy atom. The van der Waals surface area contributed by atoms with E-state index in [0.29, 0.717) is 22.2 Å². The molecule has 5 nitrogen and oxygen atoms in total. The SMILES string of the molecule is CC1N(c2ccc(C#N)c(Cl)c2)CCC12CCN(c1ccc(C(=O)OC(C)(C)C)cc1)CC2. The van der Waals surface area contributed by atoms with Crippen molar-refractivity contribution >= 4 is 28.9 Å². The van der Waals surface area contributed by atoms with Crippen molar-refractivity contribution in [2.24, 2.45) is 5.41 Å². The van der Waals surface area contributed by atoms with Crippen molar-refractivity contribution in [2.75, 3.05) is 29.4 Å². The molecule has 0 N–H and O–H groups in total. The maximum atomic E-state index is 12.3. The molecule has 0 radical (unpaired) electrons. The second-order valence-corrected chi connectivity index (χ2v) is 10.7. The molecule has 2 aromatic rings. The number of carbonyl (C=O) groups excluding carboxylic acids is 1. The number of rotatable bonds is 3. The van der Waals surface area contributed by atoms with Crippen LogP contribution in [0.15, 0.2) is 42.5 Å². The van der Waals surface area contributed by atoms with Crippen molar-refractivity contribution in [2.45, 2.75) is 58.6 Å². The Kier molecular flexibility index (Phi) is 6.33. The number of hydrogen-bond acceptors (Lipinski definition) is 5. The topological polar surface area (TPSA) is 56.6 Å². The third-order valence-corrected chi connectivity index (χ3v) is 7.55. The molecule has 2 aliphatic rings. The van der Waals surface area contributed by atoms with Gasteiger partial charge in [-0.15, -0.1) is 0 Å². The zero-order chi connectivity index (χ0) is 23.8. The molecule has 4 rings (SSSR count). The van der Waals surface area contributed by atoms with Gasteiger partial charge in [-0.1, -0.05) is 11.6 Å². The Balaban J connectivity index is 1.40. The molecule has 33 heavy (non-hydrogen) atoms. The number of hydrogen-bond donors (Lipinski definition) is 0. The first-order valence-electron chi connectivity index (χ1n) is 11.7. The molecule has 2 saturated heterocycles. The first-order valence-corrected chi connectivity index (χ1v) is 12.0. The average Bonchev–Trinajstić information content (AvgIpc) is 3.09. The highest BCUT2D eigenvalue weighted by Gasteiger charge is 2.46. The highest BCUT2D eigenvalue weighted by Crippen LogP contribution is 2.47. The number of nitriles is 1. The summed E-state index contributed by atoms with van der Waals surface area (Å²) in [6, 6.07) is 16.1. The molecule has 0 aromatic heterocycles. The molecule has 1 unspecified atom stereocenters. The molecular weight excluding hydrogens is 434 g/mol. The Morgan fingerprint density at radius 3 is 2.24 bits per heavy atom. The van der Waals surface area contributed by atoms with Crippen molar-refractivity contribution in [1.29, 1.82) is 5.26 Å². The second kappa shape index (κ2) is 8.91. The van der Waals surface area contributed by atoms with Gasteiger partial charge in [0.15, 0.2) is 0 Å². The first kappa shape index (κ1) is 23.4. The molecule has 2 heterocycles. The van der Waals surface area contributed by atoms with Crippen LogP contribution in [0.3, 0.4) is 0 Å². The van der Waals surface area contributed by atoms with E-state index in [-0.39, 0.29) is 11.4 Å². The van der Waals surface area contributed by atoms with Crippen LogP contribution in [0.1, 0.15) is 62.9 Å². The van der Waals surface area contributed by atoms with Crippen molar-refractivity contribution < 1.29 is 9.53 Å². The maximum Gasteiger partial charge on any atom is 0.338 e. The summed E-state index contributed by atoms with van der Waals surface area (Å²) in [7, 11) is 0. The number of carbonyl (C=O) groups is 1. The van der Waals surface area contributed by atoms with E-state index in [0.717, 1.165) is 50.3 Å². The highest BCUT2D eigenvalue weighted by molar-refractivity contribution is 6.32. The number of esters is 1. The molecule has 2 fully saturated rings. The number of ether oxygens (including phenoxy) is 1. The van der Waals surface area contributed by atoms with Crippen molar-refractivity contribution in [3.05, 3.63) is 58.6 Å². The van der Waals surface area contributed by atoms with Crippen LogP contribution in [0.2, 0.25) is 5.02 Å². The smallest absolute Gasteiger partial charge is 0.338 e. The van der Waals surface area contributed by atoms with E-state index in [4.69, 9.17) is 21.6 Å². The van der Waals surface area contributed by atoms with Crippen LogP contribution in [-0.4, -0.2) is 37.2 Å². The summed E-state index contributed by atoms with van der Waals surface area (Å²) in [5.41, 5.74) is 3.15. The van der Waals surface area contributed by atoms with E-state index in [1.54, 1.807) is 0 Å². The summed E-state index contributed by atoms with van der Waals surface area (Å²) in [6.07, 6.45) is 3.42. The van der Waals surface area contributed by atoms with E-state index < -0.39 is 5.60 Å². The van der Waals surface area contributed by atoms with Crippen LogP contribution in [0, 0.1) is 16.7 Å². The van der Waals surface area contributed by atoms with Gasteiger partial charge in [0.1, 0.15) is 11.7 Å². The quantitative estimate of drug-likeness (QED) is 0.516. The standard InChI is InChI=1S/C27H32ClN3O2/c1-19-27(13-16-31(19)23-10-7-21(18-29)24(28)17-23)11-14-30(15-12-27)22-8-5-20(6-9-22)25(32)33-26(2,3)4/h5-10,17,19H,11-16H2,1-4H3. The normalized spacial score (nSPS) is 20.1. The fourth-order valence-electron chi connectivity index (χ4n) is 5.23. The summed E-state index contributed by atoms with van der Waals surface area (Å²) < 4.78 is 5.47. The Bertz CT molecular complexity index is 1060. The molecule has 0 bridgehead atoms. The Hall–Kier alpha value is -2.71. The van der Waals surface area contributed by atoms with Gasteiger partial charge in [0.25, 0.3) is 0 Å². The van der Waals surface area contributed by atoms with Gasteiger partial charge in [-0.3, -0.25) is 0 Å². The molecule has 0 aliphatic carbocycles. The third kappa shape index (κ3) is 4.82. The second-order valence-electron chi connectivity index (χ2n) is 10.3. The van der Waals surface area contributed by atoms with Gasteiger partial charge in [0.05, 0.1) is 16.1 Å². The molecule has 2 aliphatic heterocycles. The summed E-state index contributed by atoms with van der Waals surface area (Å²) in [5, 5.41) is 9.68. The number of halogens is 1. The number of benzene rings is 2. The van der Waals surface area contributed by atoms with E-state index in [9.17, 15) is 4.79 Å². The van der Waals surface area contributed by atoms with E-state index in [1.165, 1.54) is 0 Å². The fourth-order valence-corrected chi connectivity index (χ4v) is 5.44. The predicted molar refractivity (Wildman–Crippen MR) is 133 cm³/mol. The fraction of sp³-hybridized carbons (Fsp3) is 0.481. The van der Waals surface area contributed by atoms with Gasteiger partial charge in [0, 0.05) is 37.1 Å². The lowest BCUT2D eigenvalue weighted by atomic mass is 9.73. The lowest BCUT2D eigenvalue weighted by Crippen LogP contribution is -2.46. The molecule has 6 heteroatoms. The van der Waals surface area contributed by atoms with E-state index in [2.05, 4.69) is 22.8 Å². The monoisotopic (exact) mass is 465 g/mol. The van der Waals surface area contributed by atoms with Crippen LogP contribution in [0.25, 0.3) is 0 Å². The van der Waals surface area contributed by atoms with Gasteiger partial charge in [0.2, 0.25) is 0 Å². The third-order valence-electron chi connectivity index (χ3n) is 7.24. The van der Waals surface area contributed by atoms with E-state index >= 15 is 0 Å². The minimum Gasteiger partial charge on any atom is -0.456 e. The van der Waals surface area contributed by atoms with Gasteiger partial charge in [-0.05, 0) is 94.8 Å². The van der Waals surface area contributed by atoms with Crippen molar-refractivity contribution in [1.82, 2.24) is 0 Å². The van der Waals surface area contributed by atoms with Crippen molar-refractivity contribution in [3.63, 3.8) is 0 Å². The Morgan fingerprint density at radius 2 is 1.67 bits per heavy atom. The summed E-state index contributed by atoms with van der Waals surface area (Å²) >= 11 is 6.30. The van der Waals surface area contributed by atoms with Gasteiger partial charge in [-0.25, -0.2) is 4.79 Å². The molecule has 2 aromatic carbocycles. The number of nitrogens with zero attached hydrogens (tertiary/aromatic N) is 3. The number of anilines is 2. The summed E-state index contributed by atoms with van der Waals surface area (Å²) in [6.45, 7) is 11.0. The minimum absolute atomic E-state index is 0.283. The molecule has 174 valence electrons. The minimum atomic E-state index is -0.494. The van der Waals surface area contributed by atoms with Crippen LogP contribution in [0.4, 0.5) is 11.4 Å². The van der Waals surface area contributed by atoms with E-state index in [1.807, 2.05) is 63.2 Å². The van der Waals surface area contributed by atoms with Crippen molar-refractivity contribution in [3.8, 4) is 6.07 Å². The zero-order valence-corrected chi connectivity index (χ0v) is 20.7. The lowest BCUT2D eigenvalue weighted by Gasteiger charge is -2.44. The summed E-state index contributed by atoms with van der Waals surface area (Å²) in [4.78, 5) is 17.2. The van der Waals surface area contributed by atoms with Gasteiger partial charge < -0.3 is 14.5 Å². The van der Waals surface area contributed by atoms with Gasteiger partial charge in [-0.2, -0.15) is 5.26 Å². The molecule has 0 saturated carbocycles. The van der Waals surface area contributed by atoms with Gasteiger partial charge >= 0.3 is 5.97 Å². The first-order chi connectivity index (χ1) is 15.6. The Labute approximate surface area is 201 Å². The van der Waals surface area contributed by atoms with Crippen LogP contribution in [-0.2, 0) is 4.74 Å². The van der Waals surface area contributed by atoms with Crippen LogP contribution >= 0.6 is 11.6 Å². The largest absolute Gasteiger partial charge is 0.456 e. The lowest BCUT2D eigenvalue weighted by molar-refractivity contribution is 0.00695. The molecule has 1 spiro atoms. The predicted octanol–water partition coefficient (Wildman–Crippen LogP) is 6.05. The number of piperidine rings is 1. The molecule has 1 atom stereocenters. The highest BCUT2D eigenvalue weighted by atomic mass is 35.5. The zero-order valence-electron chi connectivity index (χ0n) is 19.9.